The average Bonchev–Trinajstić information content (AvgIpc) is 2.72. The van der Waals surface area contributed by atoms with Crippen molar-refractivity contribution in [2.75, 3.05) is 46.5 Å². The summed E-state index contributed by atoms with van der Waals surface area (Å²) < 4.78 is 10.6. The van der Waals surface area contributed by atoms with Gasteiger partial charge in [-0.2, -0.15) is 0 Å². The number of halogens is 1. The molecule has 5 nitrogen and oxygen atoms in total. The van der Waals surface area contributed by atoms with Crippen LogP contribution >= 0.6 is 11.6 Å². The second-order valence-corrected chi connectivity index (χ2v) is 7.39. The van der Waals surface area contributed by atoms with Crippen LogP contribution in [-0.2, 0) is 4.74 Å². The lowest BCUT2D eigenvalue weighted by molar-refractivity contribution is 0.0162. The van der Waals surface area contributed by atoms with Crippen LogP contribution in [0.1, 0.15) is 27.5 Å². The zero-order valence-electron chi connectivity index (χ0n) is 16.4. The smallest absolute Gasteiger partial charge is 0.176 e. The maximum absolute atomic E-state index is 12.5. The van der Waals surface area contributed by atoms with Crippen LogP contribution in [0.4, 0.5) is 0 Å². The highest BCUT2D eigenvalue weighted by Crippen LogP contribution is 2.25. The molecule has 1 aliphatic rings. The minimum atomic E-state index is 0.00851. The number of nitrogens with one attached hydrogen (secondary N) is 1. The Hall–Kier alpha value is -1.92. The summed E-state index contributed by atoms with van der Waals surface area (Å²) in [5.41, 5.74) is 3.07. The molecule has 1 N–H and O–H groups in total. The first kappa shape index (κ1) is 20.8. The van der Waals surface area contributed by atoms with Crippen LogP contribution in [-0.4, -0.2) is 57.2 Å². The first-order valence-corrected chi connectivity index (χ1v) is 9.92. The standard InChI is InChI=1S/C22H27ClN2O3/c1-16-3-5-17(6-4-16)20(25-9-11-28-12-10-25)14-24-15-21(26)18-7-8-22(27-2)19(23)13-18/h3-8,13,20,24H,9-12,14-15H2,1-2H3. The Kier molecular flexibility index (Phi) is 7.45. The van der Waals surface area contributed by atoms with Crippen LogP contribution in [0.5, 0.6) is 5.75 Å². The van der Waals surface area contributed by atoms with Gasteiger partial charge in [0.25, 0.3) is 0 Å². The molecule has 1 saturated heterocycles. The van der Waals surface area contributed by atoms with Gasteiger partial charge >= 0.3 is 0 Å². The molecule has 0 radical (unpaired) electrons. The predicted molar refractivity (Wildman–Crippen MR) is 112 cm³/mol. The van der Waals surface area contributed by atoms with Gasteiger partial charge in [0.1, 0.15) is 5.75 Å². The highest BCUT2D eigenvalue weighted by molar-refractivity contribution is 6.32. The summed E-state index contributed by atoms with van der Waals surface area (Å²) in [6.07, 6.45) is 0. The summed E-state index contributed by atoms with van der Waals surface area (Å²) in [6.45, 7) is 6.31. The summed E-state index contributed by atoms with van der Waals surface area (Å²) in [5, 5.41) is 3.78. The van der Waals surface area contributed by atoms with Crippen molar-refractivity contribution in [3.8, 4) is 5.75 Å². The van der Waals surface area contributed by atoms with Crippen LogP contribution in [0, 0.1) is 6.92 Å². The van der Waals surface area contributed by atoms with Gasteiger partial charge in [-0.3, -0.25) is 9.69 Å². The summed E-state index contributed by atoms with van der Waals surface area (Å²) in [6, 6.07) is 13.9. The van der Waals surface area contributed by atoms with Gasteiger partial charge in [0, 0.05) is 31.2 Å². The molecule has 1 unspecified atom stereocenters. The first-order chi connectivity index (χ1) is 13.6. The number of Topliss-reactive ketones (excluding diaryl/α,β-unsaturated/α-hetero) is 1. The first-order valence-electron chi connectivity index (χ1n) is 9.54. The van der Waals surface area contributed by atoms with Crippen molar-refractivity contribution in [2.24, 2.45) is 0 Å². The van der Waals surface area contributed by atoms with Gasteiger partial charge in [0.2, 0.25) is 0 Å². The number of hydrogen-bond donors (Lipinski definition) is 1. The van der Waals surface area contributed by atoms with E-state index >= 15 is 0 Å². The van der Waals surface area contributed by atoms with Crippen molar-refractivity contribution in [1.82, 2.24) is 10.2 Å². The molecular weight excluding hydrogens is 376 g/mol. The van der Waals surface area contributed by atoms with E-state index in [0.717, 1.165) is 26.3 Å². The highest BCUT2D eigenvalue weighted by Gasteiger charge is 2.22. The number of ether oxygens (including phenoxy) is 2. The van der Waals surface area contributed by atoms with Gasteiger partial charge in [-0.1, -0.05) is 41.4 Å². The second kappa shape index (κ2) is 10.0. The van der Waals surface area contributed by atoms with Crippen molar-refractivity contribution in [1.29, 1.82) is 0 Å². The van der Waals surface area contributed by atoms with Gasteiger partial charge in [0.15, 0.2) is 5.78 Å². The van der Waals surface area contributed by atoms with E-state index in [0.29, 0.717) is 22.9 Å². The number of carbonyl (C=O) groups excluding carboxylic acids is 1. The predicted octanol–water partition coefficient (Wildman–Crippen LogP) is 3.50. The van der Waals surface area contributed by atoms with Gasteiger partial charge in [0.05, 0.1) is 31.9 Å². The van der Waals surface area contributed by atoms with Crippen LogP contribution in [0.15, 0.2) is 42.5 Å². The Morgan fingerprint density at radius 1 is 1.21 bits per heavy atom. The molecule has 150 valence electrons. The number of morpholine rings is 1. The molecule has 0 aromatic heterocycles. The van der Waals surface area contributed by atoms with Crippen molar-refractivity contribution < 1.29 is 14.3 Å². The van der Waals surface area contributed by atoms with Crippen molar-refractivity contribution in [2.45, 2.75) is 13.0 Å². The van der Waals surface area contributed by atoms with E-state index in [9.17, 15) is 4.79 Å². The van der Waals surface area contributed by atoms with Crippen molar-refractivity contribution in [3.05, 3.63) is 64.2 Å². The zero-order valence-corrected chi connectivity index (χ0v) is 17.2. The normalized spacial score (nSPS) is 16.0. The van der Waals surface area contributed by atoms with E-state index in [1.165, 1.54) is 11.1 Å². The minimum absolute atomic E-state index is 0.00851. The molecule has 1 fully saturated rings. The topological polar surface area (TPSA) is 50.8 Å². The molecule has 0 spiro atoms. The maximum atomic E-state index is 12.5. The number of rotatable bonds is 8. The monoisotopic (exact) mass is 402 g/mol. The summed E-state index contributed by atoms with van der Waals surface area (Å²) in [5.74, 6) is 0.576. The molecule has 2 aromatic rings. The summed E-state index contributed by atoms with van der Waals surface area (Å²) in [4.78, 5) is 15.0. The van der Waals surface area contributed by atoms with Crippen LogP contribution in [0.2, 0.25) is 5.02 Å². The lowest BCUT2D eigenvalue weighted by Crippen LogP contribution is -2.43. The quantitative estimate of drug-likeness (QED) is 0.685. The Bertz CT molecular complexity index is 789. The number of hydrogen-bond acceptors (Lipinski definition) is 5. The lowest BCUT2D eigenvalue weighted by Gasteiger charge is -2.35. The second-order valence-electron chi connectivity index (χ2n) is 6.98. The fourth-order valence-electron chi connectivity index (χ4n) is 3.40. The number of carbonyl (C=O) groups is 1. The number of ketones is 1. The molecule has 3 rings (SSSR count). The van der Waals surface area contributed by atoms with Gasteiger partial charge in [-0.25, -0.2) is 0 Å². The van der Waals surface area contributed by atoms with Crippen LogP contribution < -0.4 is 10.1 Å². The van der Waals surface area contributed by atoms with E-state index in [1.807, 2.05) is 0 Å². The number of nitrogens with zero attached hydrogens (tertiary/aromatic N) is 1. The van der Waals surface area contributed by atoms with Gasteiger partial charge in [-0.05, 0) is 30.7 Å². The average molecular weight is 403 g/mol. The Morgan fingerprint density at radius 2 is 1.93 bits per heavy atom. The highest BCUT2D eigenvalue weighted by atomic mass is 35.5. The fraction of sp³-hybridized carbons (Fsp3) is 0.409. The molecule has 0 saturated carbocycles. The van der Waals surface area contributed by atoms with Crippen LogP contribution in [0.3, 0.4) is 0 Å². The molecule has 0 bridgehead atoms. The molecule has 1 atom stereocenters. The largest absolute Gasteiger partial charge is 0.495 e. The molecule has 1 aliphatic heterocycles. The molecule has 28 heavy (non-hydrogen) atoms. The number of methoxy groups -OCH3 is 1. The van der Waals surface area contributed by atoms with Crippen molar-refractivity contribution in [3.63, 3.8) is 0 Å². The Balaban J connectivity index is 1.63. The molecule has 6 heteroatoms. The summed E-state index contributed by atoms with van der Waals surface area (Å²) in [7, 11) is 1.56. The van der Waals surface area contributed by atoms with Gasteiger partial charge < -0.3 is 14.8 Å². The SMILES string of the molecule is COc1ccc(C(=O)CNCC(c2ccc(C)cc2)N2CCOCC2)cc1Cl. The molecule has 1 heterocycles. The fourth-order valence-corrected chi connectivity index (χ4v) is 3.66. The van der Waals surface area contributed by atoms with Crippen LogP contribution in [0.25, 0.3) is 0 Å². The van der Waals surface area contributed by atoms with E-state index in [2.05, 4.69) is 41.4 Å². The van der Waals surface area contributed by atoms with Crippen molar-refractivity contribution >= 4 is 17.4 Å². The third kappa shape index (κ3) is 5.32. The Labute approximate surface area is 171 Å². The van der Waals surface area contributed by atoms with Gasteiger partial charge in [-0.15, -0.1) is 0 Å². The Morgan fingerprint density at radius 3 is 2.57 bits per heavy atom. The molecule has 0 aliphatic carbocycles. The number of aryl methyl sites for hydroxylation is 1. The minimum Gasteiger partial charge on any atom is -0.495 e. The zero-order chi connectivity index (χ0) is 19.9. The summed E-state index contributed by atoms with van der Waals surface area (Å²) >= 11 is 6.14. The maximum Gasteiger partial charge on any atom is 0.176 e. The van der Waals surface area contributed by atoms with E-state index in [4.69, 9.17) is 21.1 Å². The molecule has 0 amide bonds. The molecular formula is C22H27ClN2O3. The number of benzene rings is 2. The van der Waals surface area contributed by atoms with E-state index in [1.54, 1.807) is 25.3 Å². The lowest BCUT2D eigenvalue weighted by atomic mass is 10.0. The van der Waals surface area contributed by atoms with E-state index < -0.39 is 0 Å². The van der Waals surface area contributed by atoms with E-state index in [-0.39, 0.29) is 18.4 Å². The third-order valence-electron chi connectivity index (χ3n) is 5.05. The third-order valence-corrected chi connectivity index (χ3v) is 5.34. The molecule has 2 aromatic carbocycles.